The Kier molecular flexibility index (Phi) is 5.55. The summed E-state index contributed by atoms with van der Waals surface area (Å²) in [7, 11) is -3.77. The molecule has 2 atom stereocenters. The van der Waals surface area contributed by atoms with Crippen LogP contribution >= 0.6 is 0 Å². The smallest absolute Gasteiger partial charge is 0.264 e. The average Bonchev–Trinajstić information content (AvgIpc) is 3.05. The van der Waals surface area contributed by atoms with Crippen LogP contribution in [0.4, 0.5) is 0 Å². The van der Waals surface area contributed by atoms with Gasteiger partial charge in [-0.15, -0.1) is 0 Å². The number of ether oxygens (including phenoxy) is 4. The quantitative estimate of drug-likeness (QED) is 0.278. The van der Waals surface area contributed by atoms with Crippen molar-refractivity contribution in [2.24, 2.45) is 5.11 Å². The minimum atomic E-state index is -3.77. The highest BCUT2D eigenvalue weighted by molar-refractivity contribution is 7.85. The first-order chi connectivity index (χ1) is 13.2. The van der Waals surface area contributed by atoms with Crippen LogP contribution in [0.15, 0.2) is 47.0 Å². The minimum Gasteiger partial charge on any atom is -0.462 e. The van der Waals surface area contributed by atoms with Gasteiger partial charge in [0.1, 0.15) is 12.4 Å². The average molecular weight is 411 g/mol. The van der Waals surface area contributed by atoms with Gasteiger partial charge in [-0.2, -0.15) is 8.42 Å². The molecule has 0 bridgehead atoms. The topological polar surface area (TPSA) is 129 Å². The van der Waals surface area contributed by atoms with E-state index in [4.69, 9.17) is 28.7 Å². The van der Waals surface area contributed by atoms with E-state index in [1.54, 1.807) is 13.8 Å². The lowest BCUT2D eigenvalue weighted by atomic mass is 10.0. The summed E-state index contributed by atoms with van der Waals surface area (Å²) in [5.74, 6) is -0.680. The van der Waals surface area contributed by atoms with E-state index in [9.17, 15) is 8.42 Å². The van der Waals surface area contributed by atoms with Crippen molar-refractivity contribution in [3.8, 4) is 0 Å². The Morgan fingerprint density at radius 2 is 2.00 bits per heavy atom. The van der Waals surface area contributed by atoms with Gasteiger partial charge in [-0.1, -0.05) is 35.4 Å². The Labute approximate surface area is 162 Å². The van der Waals surface area contributed by atoms with Gasteiger partial charge in [-0.05, 0) is 11.1 Å². The number of fused-ring (bicyclic) bond motifs is 1. The molecule has 0 amide bonds. The molecular weight excluding hydrogens is 390 g/mol. The highest BCUT2D eigenvalue weighted by atomic mass is 32.2. The zero-order valence-corrected chi connectivity index (χ0v) is 16.5. The third-order valence-electron chi connectivity index (χ3n) is 4.05. The largest absolute Gasteiger partial charge is 0.462 e. The number of nitrogens with zero attached hydrogens (tertiary/aromatic N) is 3. The predicted octanol–water partition coefficient (Wildman–Crippen LogP) is 2.58. The van der Waals surface area contributed by atoms with E-state index in [1.165, 1.54) is 0 Å². The Hall–Kier alpha value is -2.30. The van der Waals surface area contributed by atoms with Crippen LogP contribution in [-0.4, -0.2) is 45.5 Å². The van der Waals surface area contributed by atoms with Crippen LogP contribution in [0.3, 0.4) is 0 Å². The molecule has 1 saturated heterocycles. The minimum absolute atomic E-state index is 0.142. The van der Waals surface area contributed by atoms with E-state index in [0.29, 0.717) is 0 Å². The van der Waals surface area contributed by atoms with E-state index in [1.807, 2.05) is 30.3 Å². The molecule has 0 aromatic heterocycles. The highest BCUT2D eigenvalue weighted by Gasteiger charge is 2.63. The number of hydrogen-bond acceptors (Lipinski definition) is 8. The molecule has 2 aliphatic rings. The molecule has 0 saturated carbocycles. The van der Waals surface area contributed by atoms with Gasteiger partial charge in [-0.25, -0.2) is 0 Å². The van der Waals surface area contributed by atoms with Gasteiger partial charge in [0.2, 0.25) is 17.7 Å². The van der Waals surface area contributed by atoms with Crippen molar-refractivity contribution >= 4 is 10.1 Å². The van der Waals surface area contributed by atoms with Crippen molar-refractivity contribution in [1.29, 1.82) is 0 Å². The number of rotatable bonds is 8. The van der Waals surface area contributed by atoms with Crippen LogP contribution in [0.2, 0.25) is 0 Å². The van der Waals surface area contributed by atoms with Crippen molar-refractivity contribution in [3.05, 3.63) is 57.9 Å². The van der Waals surface area contributed by atoms with Crippen LogP contribution in [0.5, 0.6) is 0 Å². The molecule has 0 spiro atoms. The van der Waals surface area contributed by atoms with Crippen molar-refractivity contribution in [3.63, 3.8) is 0 Å². The maximum atomic E-state index is 11.6. The van der Waals surface area contributed by atoms with E-state index in [2.05, 4.69) is 10.0 Å². The van der Waals surface area contributed by atoms with Gasteiger partial charge in [0, 0.05) is 18.8 Å². The molecule has 152 valence electrons. The summed E-state index contributed by atoms with van der Waals surface area (Å²) in [4.78, 5) is 2.72. The Bertz CT molecular complexity index is 910. The lowest BCUT2D eigenvalue weighted by molar-refractivity contribution is -0.254. The highest BCUT2D eigenvalue weighted by Crippen LogP contribution is 2.49. The van der Waals surface area contributed by atoms with Crippen molar-refractivity contribution < 1.29 is 31.5 Å². The molecule has 0 N–H and O–H groups in total. The van der Waals surface area contributed by atoms with E-state index in [0.717, 1.165) is 11.8 Å². The van der Waals surface area contributed by atoms with Crippen molar-refractivity contribution in [1.82, 2.24) is 0 Å². The second-order valence-electron chi connectivity index (χ2n) is 6.85. The van der Waals surface area contributed by atoms with Crippen LogP contribution in [0, 0.1) is 0 Å². The second-order valence-corrected chi connectivity index (χ2v) is 8.49. The summed E-state index contributed by atoms with van der Waals surface area (Å²) in [6, 6.07) is 9.36. The molecule has 2 aliphatic heterocycles. The van der Waals surface area contributed by atoms with E-state index >= 15 is 0 Å². The monoisotopic (exact) mass is 411 g/mol. The van der Waals surface area contributed by atoms with Gasteiger partial charge in [0.15, 0.2) is 5.76 Å². The van der Waals surface area contributed by atoms with E-state index in [-0.39, 0.29) is 24.7 Å². The third-order valence-corrected chi connectivity index (χ3v) is 4.60. The molecule has 2 heterocycles. The summed E-state index contributed by atoms with van der Waals surface area (Å²) in [5.41, 5.74) is 8.06. The van der Waals surface area contributed by atoms with Gasteiger partial charge in [-0.3, -0.25) is 4.18 Å². The second kappa shape index (κ2) is 7.61. The summed E-state index contributed by atoms with van der Waals surface area (Å²) >= 11 is 0. The van der Waals surface area contributed by atoms with Gasteiger partial charge < -0.3 is 18.9 Å². The van der Waals surface area contributed by atoms with Crippen LogP contribution < -0.4 is 0 Å². The molecule has 28 heavy (non-hydrogen) atoms. The lowest BCUT2D eigenvalue weighted by Gasteiger charge is -2.30. The maximum absolute atomic E-state index is 11.6. The standard InChI is InChI=1S/C17H21N3O7S/c1-16(2)26-14-13(9-19-20-18)25-15(23-10-12-7-5-4-6-8-12)17(14,27-16)11-24-28(3,21)22/h4-8,15H,9-11H2,1-3H3/t15-,17-/m1/s1. The number of benzene rings is 1. The Balaban J connectivity index is 1.92. The zero-order chi connectivity index (χ0) is 20.4. The molecule has 3 rings (SSSR count). The van der Waals surface area contributed by atoms with Gasteiger partial charge in [0.25, 0.3) is 10.1 Å². The van der Waals surface area contributed by atoms with E-state index < -0.39 is 34.4 Å². The molecule has 1 fully saturated rings. The molecule has 1 aromatic carbocycles. The fourth-order valence-corrected chi connectivity index (χ4v) is 3.43. The zero-order valence-electron chi connectivity index (χ0n) is 15.7. The van der Waals surface area contributed by atoms with Gasteiger partial charge >= 0.3 is 0 Å². The van der Waals surface area contributed by atoms with Crippen LogP contribution in [-0.2, 0) is 39.9 Å². The molecule has 1 aromatic rings. The third kappa shape index (κ3) is 4.40. The predicted molar refractivity (Wildman–Crippen MR) is 96.9 cm³/mol. The number of azide groups is 1. The first-order valence-corrected chi connectivity index (χ1v) is 10.3. The summed E-state index contributed by atoms with van der Waals surface area (Å²) < 4.78 is 51.7. The molecule has 11 heteroatoms. The fraction of sp³-hybridized carbons (Fsp3) is 0.529. The Morgan fingerprint density at radius 3 is 2.64 bits per heavy atom. The van der Waals surface area contributed by atoms with Gasteiger partial charge in [0.05, 0.1) is 19.4 Å². The van der Waals surface area contributed by atoms with Crippen LogP contribution in [0.25, 0.3) is 10.4 Å². The van der Waals surface area contributed by atoms with Crippen molar-refractivity contribution in [2.45, 2.75) is 38.1 Å². The van der Waals surface area contributed by atoms with Crippen LogP contribution in [0.1, 0.15) is 19.4 Å². The molecule has 0 aliphatic carbocycles. The molecule has 0 radical (unpaired) electrons. The normalized spacial score (nSPS) is 25.6. The summed E-state index contributed by atoms with van der Waals surface area (Å²) in [6.45, 7) is 2.96. The molecular formula is C17H21N3O7S. The molecule has 0 unspecified atom stereocenters. The summed E-state index contributed by atoms with van der Waals surface area (Å²) in [6.07, 6.45) is -0.125. The first kappa shape index (κ1) is 20.4. The summed E-state index contributed by atoms with van der Waals surface area (Å²) in [5, 5.41) is 3.50. The SMILES string of the molecule is CC1(C)OC2=C(CN=[N+]=[N-])O[C@@H](OCc3ccccc3)[C@]2(COS(C)(=O)=O)O1. The lowest BCUT2D eigenvalue weighted by Crippen LogP contribution is -2.48. The first-order valence-electron chi connectivity index (χ1n) is 8.45. The fourth-order valence-electron chi connectivity index (χ4n) is 3.04. The number of hydrogen-bond donors (Lipinski definition) is 0. The Morgan fingerprint density at radius 1 is 1.29 bits per heavy atom. The maximum Gasteiger partial charge on any atom is 0.264 e. The molecule has 10 nitrogen and oxygen atoms in total. The van der Waals surface area contributed by atoms with Crippen molar-refractivity contribution in [2.75, 3.05) is 19.4 Å².